The highest BCUT2D eigenvalue weighted by Crippen LogP contribution is 2.38. The molecule has 1 aromatic carbocycles. The Hall–Kier alpha value is -4.29. The van der Waals surface area contributed by atoms with Crippen molar-refractivity contribution >= 4 is 23.3 Å². The third kappa shape index (κ3) is 5.82. The molecular formula is C27H24F6N6O. The summed E-state index contributed by atoms with van der Waals surface area (Å²) in [7, 11) is 1.62. The molecule has 5 rings (SSSR count). The molecule has 0 fully saturated rings. The zero-order valence-electron chi connectivity index (χ0n) is 21.1. The van der Waals surface area contributed by atoms with Crippen LogP contribution in [0.25, 0.3) is 0 Å². The minimum Gasteiger partial charge on any atom is -0.469 e. The number of hydrogen-bond acceptors (Lipinski definition) is 7. The van der Waals surface area contributed by atoms with Crippen LogP contribution in [-0.4, -0.2) is 34.6 Å². The molecule has 0 radical (unpaired) electrons. The van der Waals surface area contributed by atoms with E-state index in [1.807, 2.05) is 0 Å². The zero-order chi connectivity index (χ0) is 28.5. The standard InChI is InChI=1S/C27H24F6N6O/c1-34-25-37-22-15-18(14-19-4-3-13-40-19)39(24-21(27(31,32)33)5-2-11-35-24)12-10-20(22)23(38-25)36-17-8-6-16(7-9-17)26(28,29)30/h2-9,11,13,18H,10,12,14-15H2,1H3,(H2,34,36,37,38). The van der Waals surface area contributed by atoms with Gasteiger partial charge in [-0.05, 0) is 55.0 Å². The maximum absolute atomic E-state index is 14.0. The van der Waals surface area contributed by atoms with Crippen LogP contribution in [0.4, 0.5) is 49.6 Å². The number of nitrogens with one attached hydrogen (secondary N) is 2. The first kappa shape index (κ1) is 27.3. The van der Waals surface area contributed by atoms with Crippen LogP contribution >= 0.6 is 0 Å². The van der Waals surface area contributed by atoms with Crippen molar-refractivity contribution in [3.63, 3.8) is 0 Å². The molecule has 40 heavy (non-hydrogen) atoms. The van der Waals surface area contributed by atoms with Gasteiger partial charge >= 0.3 is 12.4 Å². The first-order chi connectivity index (χ1) is 19.0. The number of fused-ring (bicyclic) bond motifs is 1. The molecule has 1 aliphatic rings. The third-order valence-corrected chi connectivity index (χ3v) is 6.64. The number of hydrogen-bond donors (Lipinski definition) is 2. The van der Waals surface area contributed by atoms with Crippen molar-refractivity contribution < 1.29 is 30.8 Å². The molecule has 0 saturated carbocycles. The highest BCUT2D eigenvalue weighted by Gasteiger charge is 2.38. The molecular weight excluding hydrogens is 538 g/mol. The number of aromatic nitrogens is 3. The molecule has 1 unspecified atom stereocenters. The van der Waals surface area contributed by atoms with E-state index in [9.17, 15) is 26.3 Å². The Bertz CT molecular complexity index is 1450. The van der Waals surface area contributed by atoms with E-state index in [1.165, 1.54) is 30.7 Å². The molecule has 4 heterocycles. The lowest BCUT2D eigenvalue weighted by Gasteiger charge is -2.32. The van der Waals surface area contributed by atoms with Crippen molar-refractivity contribution in [3.05, 3.63) is 89.1 Å². The number of halogens is 6. The monoisotopic (exact) mass is 562 g/mol. The van der Waals surface area contributed by atoms with Gasteiger partial charge < -0.3 is 20.0 Å². The number of anilines is 4. The summed E-state index contributed by atoms with van der Waals surface area (Å²) in [6.45, 7) is 0.155. The summed E-state index contributed by atoms with van der Waals surface area (Å²) in [6, 6.07) is 9.72. The van der Waals surface area contributed by atoms with Gasteiger partial charge in [-0.25, -0.2) is 9.97 Å². The molecule has 7 nitrogen and oxygen atoms in total. The normalized spacial score (nSPS) is 15.9. The van der Waals surface area contributed by atoms with E-state index >= 15 is 0 Å². The number of alkyl halides is 6. The van der Waals surface area contributed by atoms with Crippen molar-refractivity contribution in [1.29, 1.82) is 0 Å². The van der Waals surface area contributed by atoms with E-state index in [2.05, 4.69) is 25.6 Å². The molecule has 2 N–H and O–H groups in total. The maximum atomic E-state index is 14.0. The molecule has 13 heteroatoms. The lowest BCUT2D eigenvalue weighted by molar-refractivity contribution is -0.138. The molecule has 3 aromatic heterocycles. The fourth-order valence-electron chi connectivity index (χ4n) is 4.77. The summed E-state index contributed by atoms with van der Waals surface area (Å²) in [5, 5.41) is 5.95. The third-order valence-electron chi connectivity index (χ3n) is 6.64. The molecule has 0 amide bonds. The Kier molecular flexibility index (Phi) is 7.30. The van der Waals surface area contributed by atoms with Crippen LogP contribution in [0.2, 0.25) is 0 Å². The first-order valence-corrected chi connectivity index (χ1v) is 12.4. The van der Waals surface area contributed by atoms with Gasteiger partial charge in [0.25, 0.3) is 0 Å². The van der Waals surface area contributed by atoms with Gasteiger partial charge in [-0.15, -0.1) is 0 Å². The van der Waals surface area contributed by atoms with E-state index in [0.29, 0.717) is 34.9 Å². The molecule has 4 aromatic rings. The van der Waals surface area contributed by atoms with Crippen molar-refractivity contribution in [2.24, 2.45) is 0 Å². The second-order valence-electron chi connectivity index (χ2n) is 9.23. The number of furan rings is 1. The lowest BCUT2D eigenvalue weighted by atomic mass is 10.0. The van der Waals surface area contributed by atoms with Gasteiger partial charge in [-0.2, -0.15) is 31.3 Å². The lowest BCUT2D eigenvalue weighted by Crippen LogP contribution is -2.40. The van der Waals surface area contributed by atoms with Crippen molar-refractivity contribution in [3.8, 4) is 0 Å². The highest BCUT2D eigenvalue weighted by atomic mass is 19.4. The van der Waals surface area contributed by atoms with Gasteiger partial charge in [-0.1, -0.05) is 0 Å². The number of pyridine rings is 1. The summed E-state index contributed by atoms with van der Waals surface area (Å²) < 4.78 is 86.6. The van der Waals surface area contributed by atoms with Crippen LogP contribution in [0, 0.1) is 0 Å². The summed E-state index contributed by atoms with van der Waals surface area (Å²) in [5.74, 6) is 1.00. The summed E-state index contributed by atoms with van der Waals surface area (Å²) >= 11 is 0. The first-order valence-electron chi connectivity index (χ1n) is 12.4. The van der Waals surface area contributed by atoms with Crippen LogP contribution in [0.1, 0.15) is 28.1 Å². The summed E-state index contributed by atoms with van der Waals surface area (Å²) in [4.78, 5) is 14.8. The van der Waals surface area contributed by atoms with Crippen LogP contribution in [-0.2, 0) is 31.6 Å². The average molecular weight is 563 g/mol. The van der Waals surface area contributed by atoms with Crippen molar-refractivity contribution in [1.82, 2.24) is 15.0 Å². The summed E-state index contributed by atoms with van der Waals surface area (Å²) in [5.41, 5.74) is -0.0286. The predicted molar refractivity (Wildman–Crippen MR) is 136 cm³/mol. The van der Waals surface area contributed by atoms with Crippen LogP contribution in [0.3, 0.4) is 0 Å². The van der Waals surface area contributed by atoms with Gasteiger partial charge in [-0.3, -0.25) is 0 Å². The molecule has 0 saturated heterocycles. The van der Waals surface area contributed by atoms with E-state index in [0.717, 1.165) is 18.2 Å². The van der Waals surface area contributed by atoms with Gasteiger partial charge in [0.15, 0.2) is 0 Å². The van der Waals surface area contributed by atoms with Gasteiger partial charge in [0, 0.05) is 49.9 Å². The maximum Gasteiger partial charge on any atom is 0.419 e. The van der Waals surface area contributed by atoms with E-state index in [-0.39, 0.29) is 31.2 Å². The molecule has 0 aliphatic carbocycles. The second kappa shape index (κ2) is 10.7. The Morgan fingerprint density at radius 3 is 2.40 bits per heavy atom. The van der Waals surface area contributed by atoms with Crippen LogP contribution in [0.5, 0.6) is 0 Å². The highest BCUT2D eigenvalue weighted by molar-refractivity contribution is 5.63. The van der Waals surface area contributed by atoms with Crippen molar-refractivity contribution in [2.45, 2.75) is 37.7 Å². The minimum absolute atomic E-state index is 0.155. The Morgan fingerprint density at radius 2 is 1.75 bits per heavy atom. The number of benzene rings is 1. The van der Waals surface area contributed by atoms with Gasteiger partial charge in [0.1, 0.15) is 17.4 Å². The SMILES string of the molecule is CNc1nc2c(c(Nc3ccc(C(F)(F)F)cc3)n1)CCN(c1ncccc1C(F)(F)F)C(Cc1ccco1)C2. The van der Waals surface area contributed by atoms with Gasteiger partial charge in [0.2, 0.25) is 5.95 Å². The summed E-state index contributed by atoms with van der Waals surface area (Å²) in [6.07, 6.45) is -5.49. The minimum atomic E-state index is -4.62. The van der Waals surface area contributed by atoms with E-state index < -0.39 is 29.5 Å². The fraction of sp³-hybridized carbons (Fsp3) is 0.296. The molecule has 0 spiro atoms. The smallest absolute Gasteiger partial charge is 0.419 e. The second-order valence-corrected chi connectivity index (χ2v) is 9.23. The van der Waals surface area contributed by atoms with E-state index in [4.69, 9.17) is 4.42 Å². The quantitative estimate of drug-likeness (QED) is 0.260. The molecule has 1 atom stereocenters. The zero-order valence-corrected chi connectivity index (χ0v) is 21.1. The fourth-order valence-corrected chi connectivity index (χ4v) is 4.77. The molecule has 0 bridgehead atoms. The Balaban J connectivity index is 1.55. The van der Waals surface area contributed by atoms with Crippen molar-refractivity contribution in [2.75, 3.05) is 29.1 Å². The Labute approximate surface area is 225 Å². The Morgan fingerprint density at radius 1 is 0.975 bits per heavy atom. The number of nitrogens with zero attached hydrogens (tertiary/aromatic N) is 4. The topological polar surface area (TPSA) is 79.1 Å². The molecule has 210 valence electrons. The largest absolute Gasteiger partial charge is 0.469 e. The van der Waals surface area contributed by atoms with Crippen LogP contribution < -0.4 is 15.5 Å². The molecule has 1 aliphatic heterocycles. The number of rotatable bonds is 6. The predicted octanol–water partition coefficient (Wildman–Crippen LogP) is 6.50. The van der Waals surface area contributed by atoms with E-state index in [1.54, 1.807) is 24.1 Å². The average Bonchev–Trinajstić information content (AvgIpc) is 3.35. The van der Waals surface area contributed by atoms with Crippen LogP contribution in [0.15, 0.2) is 65.4 Å². The van der Waals surface area contributed by atoms with Gasteiger partial charge in [0.05, 0.1) is 23.1 Å².